The second-order valence-electron chi connectivity index (χ2n) is 5.45. The number of nitrogens with zero attached hydrogens (tertiary/aromatic N) is 1. The fraction of sp³-hybridized carbons (Fsp3) is 0.294. The zero-order valence-corrected chi connectivity index (χ0v) is 12.3. The molecule has 0 heterocycles. The van der Waals surface area contributed by atoms with E-state index in [0.717, 1.165) is 11.6 Å². The van der Waals surface area contributed by atoms with Crippen molar-refractivity contribution in [1.82, 2.24) is 4.90 Å². The van der Waals surface area contributed by atoms with Crippen molar-refractivity contribution in [3.63, 3.8) is 0 Å². The normalized spacial score (nSPS) is 11.3. The minimum absolute atomic E-state index is 0.213. The van der Waals surface area contributed by atoms with Gasteiger partial charge in [0, 0.05) is 30.4 Å². The number of hydrogen-bond acceptors (Lipinski definition) is 2. The van der Waals surface area contributed by atoms with E-state index >= 15 is 0 Å². The smallest absolute Gasteiger partial charge is 0.163 e. The molecule has 2 N–H and O–H groups in total. The van der Waals surface area contributed by atoms with Gasteiger partial charge < -0.3 is 5.73 Å². The van der Waals surface area contributed by atoms with Gasteiger partial charge in [-0.1, -0.05) is 24.3 Å². The summed E-state index contributed by atoms with van der Waals surface area (Å²) in [6.07, 6.45) is 0. The van der Waals surface area contributed by atoms with E-state index in [4.69, 9.17) is 5.73 Å². The summed E-state index contributed by atoms with van der Waals surface area (Å²) in [6, 6.07) is 12.1. The zero-order chi connectivity index (χ0) is 15.4. The van der Waals surface area contributed by atoms with Gasteiger partial charge in [0.15, 0.2) is 11.6 Å². The van der Waals surface area contributed by atoms with Crippen LogP contribution in [0.25, 0.3) is 0 Å². The zero-order valence-electron chi connectivity index (χ0n) is 12.3. The maximum atomic E-state index is 13.8. The molecule has 0 bridgehead atoms. The van der Waals surface area contributed by atoms with E-state index in [0.29, 0.717) is 24.3 Å². The predicted molar refractivity (Wildman–Crippen MR) is 81.6 cm³/mol. The fourth-order valence-electron chi connectivity index (χ4n) is 2.17. The van der Waals surface area contributed by atoms with Crippen LogP contribution in [0.15, 0.2) is 42.5 Å². The Bertz CT molecular complexity index is 594. The second-order valence-corrected chi connectivity index (χ2v) is 5.45. The van der Waals surface area contributed by atoms with Gasteiger partial charge >= 0.3 is 0 Å². The molecule has 4 heteroatoms. The highest BCUT2D eigenvalue weighted by Gasteiger charge is 2.15. The molecule has 0 radical (unpaired) electrons. The molecule has 112 valence electrons. The monoisotopic (exact) mass is 290 g/mol. The number of rotatable bonds is 5. The van der Waals surface area contributed by atoms with E-state index < -0.39 is 11.6 Å². The molecule has 0 unspecified atom stereocenters. The lowest BCUT2D eigenvalue weighted by atomic mass is 10.1. The second kappa shape index (κ2) is 6.68. The lowest BCUT2D eigenvalue weighted by Crippen LogP contribution is -2.30. The Labute approximate surface area is 124 Å². The molecule has 0 aliphatic carbocycles. The van der Waals surface area contributed by atoms with Gasteiger partial charge in [-0.05, 0) is 37.6 Å². The quantitative estimate of drug-likeness (QED) is 0.845. The number of hydrogen-bond donors (Lipinski definition) is 1. The lowest BCUT2D eigenvalue weighted by Gasteiger charge is -2.27. The van der Waals surface area contributed by atoms with Gasteiger partial charge in [0.2, 0.25) is 0 Å². The highest BCUT2D eigenvalue weighted by atomic mass is 19.2. The minimum atomic E-state index is -0.802. The van der Waals surface area contributed by atoms with E-state index in [1.807, 2.05) is 38.1 Å². The van der Waals surface area contributed by atoms with E-state index in [2.05, 4.69) is 4.90 Å². The fourth-order valence-corrected chi connectivity index (χ4v) is 2.17. The summed E-state index contributed by atoms with van der Waals surface area (Å²) in [5.74, 6) is -1.57. The van der Waals surface area contributed by atoms with Crippen molar-refractivity contribution in [3.8, 4) is 0 Å². The molecule has 0 aromatic heterocycles. The molecular formula is C17H20F2N2. The first kappa shape index (κ1) is 15.4. The highest BCUT2D eigenvalue weighted by molar-refractivity contribution is 5.39. The van der Waals surface area contributed by atoms with Gasteiger partial charge in [-0.25, -0.2) is 8.78 Å². The van der Waals surface area contributed by atoms with Gasteiger partial charge in [-0.3, -0.25) is 4.90 Å². The van der Waals surface area contributed by atoms with E-state index in [1.54, 1.807) is 6.07 Å². The summed E-state index contributed by atoms with van der Waals surface area (Å²) in [5.41, 5.74) is 7.85. The summed E-state index contributed by atoms with van der Waals surface area (Å²) in [6.45, 7) is 5.10. The number of halogens is 2. The van der Waals surface area contributed by atoms with E-state index in [9.17, 15) is 8.78 Å². The largest absolute Gasteiger partial charge is 0.399 e. The molecule has 2 nitrogen and oxygen atoms in total. The van der Waals surface area contributed by atoms with Crippen LogP contribution in [0.1, 0.15) is 25.0 Å². The Morgan fingerprint density at radius 3 is 2.29 bits per heavy atom. The van der Waals surface area contributed by atoms with Crippen molar-refractivity contribution in [2.75, 3.05) is 5.73 Å². The van der Waals surface area contributed by atoms with Gasteiger partial charge in [0.05, 0.1) is 0 Å². The first-order valence-corrected chi connectivity index (χ1v) is 6.98. The van der Waals surface area contributed by atoms with Crippen LogP contribution < -0.4 is 5.73 Å². The summed E-state index contributed by atoms with van der Waals surface area (Å²) >= 11 is 0. The molecule has 2 rings (SSSR count). The summed E-state index contributed by atoms with van der Waals surface area (Å²) in [5, 5.41) is 0. The number of anilines is 1. The molecule has 0 amide bonds. The molecule has 2 aromatic carbocycles. The van der Waals surface area contributed by atoms with Crippen LogP contribution in [0.4, 0.5) is 14.5 Å². The van der Waals surface area contributed by atoms with Crippen LogP contribution in [-0.4, -0.2) is 10.9 Å². The molecule has 0 fully saturated rings. The molecule has 0 atom stereocenters. The van der Waals surface area contributed by atoms with Crippen LogP contribution in [0.3, 0.4) is 0 Å². The first-order valence-electron chi connectivity index (χ1n) is 6.98. The third kappa shape index (κ3) is 4.02. The average Bonchev–Trinajstić information content (AvgIpc) is 2.45. The van der Waals surface area contributed by atoms with Crippen LogP contribution in [0.5, 0.6) is 0 Å². The van der Waals surface area contributed by atoms with Crippen molar-refractivity contribution in [2.45, 2.75) is 33.0 Å². The topological polar surface area (TPSA) is 29.3 Å². The maximum absolute atomic E-state index is 13.8. The Hall–Kier alpha value is -1.94. The molecule has 0 spiro atoms. The third-order valence-electron chi connectivity index (χ3n) is 3.50. The number of benzene rings is 2. The molecule has 0 aliphatic rings. The molecular weight excluding hydrogens is 270 g/mol. The Morgan fingerprint density at radius 1 is 1.00 bits per heavy atom. The van der Waals surface area contributed by atoms with Gasteiger partial charge in [0.25, 0.3) is 0 Å². The van der Waals surface area contributed by atoms with Gasteiger partial charge in [0.1, 0.15) is 0 Å². The van der Waals surface area contributed by atoms with Crippen LogP contribution in [0, 0.1) is 11.6 Å². The minimum Gasteiger partial charge on any atom is -0.399 e. The Kier molecular flexibility index (Phi) is 4.91. The van der Waals surface area contributed by atoms with Crippen LogP contribution in [-0.2, 0) is 13.1 Å². The van der Waals surface area contributed by atoms with E-state index in [1.165, 1.54) is 6.07 Å². The number of nitrogen functional groups attached to an aromatic ring is 1. The van der Waals surface area contributed by atoms with Crippen molar-refractivity contribution < 1.29 is 8.78 Å². The average molecular weight is 290 g/mol. The van der Waals surface area contributed by atoms with E-state index in [-0.39, 0.29) is 6.04 Å². The Morgan fingerprint density at radius 2 is 1.67 bits per heavy atom. The van der Waals surface area contributed by atoms with Crippen LogP contribution >= 0.6 is 0 Å². The van der Waals surface area contributed by atoms with Crippen LogP contribution in [0.2, 0.25) is 0 Å². The van der Waals surface area contributed by atoms with Gasteiger partial charge in [-0.15, -0.1) is 0 Å². The first-order chi connectivity index (χ1) is 9.97. The molecule has 2 aromatic rings. The molecule has 0 aliphatic heterocycles. The summed E-state index contributed by atoms with van der Waals surface area (Å²) in [7, 11) is 0. The van der Waals surface area contributed by atoms with Crippen molar-refractivity contribution in [3.05, 3.63) is 65.2 Å². The summed E-state index contributed by atoms with van der Waals surface area (Å²) in [4.78, 5) is 2.09. The van der Waals surface area contributed by atoms with Crippen molar-refractivity contribution in [1.29, 1.82) is 0 Å². The lowest BCUT2D eigenvalue weighted by molar-refractivity contribution is 0.200. The molecule has 21 heavy (non-hydrogen) atoms. The SMILES string of the molecule is CC(C)N(Cc1ccc(N)cc1)Cc1cccc(F)c1F. The standard InChI is InChI=1S/C17H20F2N2/c1-12(2)21(10-13-6-8-15(20)9-7-13)11-14-4-3-5-16(18)17(14)19/h3-9,12H,10-11,20H2,1-2H3. The highest BCUT2D eigenvalue weighted by Crippen LogP contribution is 2.18. The van der Waals surface area contributed by atoms with Crippen molar-refractivity contribution >= 4 is 5.69 Å². The third-order valence-corrected chi connectivity index (χ3v) is 3.50. The molecule has 0 saturated carbocycles. The van der Waals surface area contributed by atoms with Crippen molar-refractivity contribution in [2.24, 2.45) is 0 Å². The summed E-state index contributed by atoms with van der Waals surface area (Å²) < 4.78 is 27.1. The number of nitrogens with two attached hydrogens (primary N) is 1. The predicted octanol–water partition coefficient (Wildman–Crippen LogP) is 3.96. The Balaban J connectivity index is 2.16. The maximum Gasteiger partial charge on any atom is 0.163 e. The molecule has 0 saturated heterocycles. The van der Waals surface area contributed by atoms with Gasteiger partial charge in [-0.2, -0.15) is 0 Å².